The normalized spacial score (nSPS) is 12.8. The number of carboxylic acid groups (broad SMARTS) is 2. The van der Waals surface area contributed by atoms with Gasteiger partial charge in [0.05, 0.1) is 0 Å². The number of rotatable bonds is 15. The molecule has 10 heteroatoms. The first-order chi connectivity index (χ1) is 13.9. The number of aromatic nitrogens is 3. The van der Waals surface area contributed by atoms with Crippen molar-refractivity contribution in [2.24, 2.45) is 0 Å². The van der Waals surface area contributed by atoms with E-state index < -0.39 is 24.0 Å². The number of nitrogens with zero attached hydrogens (tertiary/aromatic N) is 4. The molecule has 0 aliphatic carbocycles. The van der Waals surface area contributed by atoms with Crippen molar-refractivity contribution in [1.29, 1.82) is 0 Å². The topological polar surface area (TPSA) is 141 Å². The Morgan fingerprint density at radius 2 is 1.24 bits per heavy atom. The summed E-state index contributed by atoms with van der Waals surface area (Å²) in [5.74, 6) is -1.36. The lowest BCUT2D eigenvalue weighted by atomic mass is 10.1. The molecule has 10 nitrogen and oxygen atoms in total. The second kappa shape index (κ2) is 12.7. The van der Waals surface area contributed by atoms with Gasteiger partial charge >= 0.3 is 11.9 Å². The van der Waals surface area contributed by atoms with E-state index in [9.17, 15) is 19.8 Å². The molecule has 29 heavy (non-hydrogen) atoms. The molecule has 0 fully saturated rings. The van der Waals surface area contributed by atoms with Gasteiger partial charge in [-0.05, 0) is 26.7 Å². The van der Waals surface area contributed by atoms with Crippen molar-refractivity contribution in [3.8, 4) is 0 Å². The Morgan fingerprint density at radius 3 is 1.55 bits per heavy atom. The first kappa shape index (κ1) is 24.4. The minimum atomic E-state index is -0.982. The molecule has 0 amide bonds. The average molecular weight is 411 g/mol. The summed E-state index contributed by atoms with van der Waals surface area (Å²) in [6.45, 7) is 9.19. The van der Waals surface area contributed by atoms with Gasteiger partial charge in [-0.3, -0.25) is 0 Å². The van der Waals surface area contributed by atoms with Crippen LogP contribution in [0, 0.1) is 0 Å². The second-order valence-electron chi connectivity index (χ2n) is 6.81. The Hall–Kier alpha value is -2.65. The molecule has 1 heterocycles. The van der Waals surface area contributed by atoms with Crippen molar-refractivity contribution in [3.63, 3.8) is 0 Å². The quantitative estimate of drug-likeness (QED) is 0.341. The van der Waals surface area contributed by atoms with Gasteiger partial charge in [0.15, 0.2) is 0 Å². The summed E-state index contributed by atoms with van der Waals surface area (Å²) >= 11 is 0. The van der Waals surface area contributed by atoms with Gasteiger partial charge in [0.2, 0.25) is 17.8 Å². The van der Waals surface area contributed by atoms with Gasteiger partial charge in [-0.15, -0.1) is 0 Å². The van der Waals surface area contributed by atoms with Crippen LogP contribution in [0.1, 0.15) is 66.2 Å². The minimum Gasteiger partial charge on any atom is -0.480 e. The van der Waals surface area contributed by atoms with Crippen LogP contribution in [0.25, 0.3) is 0 Å². The van der Waals surface area contributed by atoms with E-state index in [0.29, 0.717) is 31.9 Å². The first-order valence-electron chi connectivity index (χ1n) is 10.4. The molecule has 1 aromatic rings. The number of unbranched alkanes of at least 4 members (excludes halogenated alkanes) is 2. The fourth-order valence-electron chi connectivity index (χ4n) is 2.78. The maximum atomic E-state index is 11.6. The standard InChI is InChI=1S/C19H34N6O4/c1-5-9-11-13(15(26)27)20-17-22-18(21-14(16(28)29)12-10-6-2)24-19(23-17)25(7-3)8-4/h13-14H,5-12H2,1-4H3,(H,26,27)(H,28,29)(H2,20,21,22,23,24). The number of hydrogen-bond acceptors (Lipinski definition) is 8. The molecule has 4 N–H and O–H groups in total. The summed E-state index contributed by atoms with van der Waals surface area (Å²) in [5.41, 5.74) is 0. The van der Waals surface area contributed by atoms with Crippen LogP contribution in [-0.2, 0) is 9.59 Å². The lowest BCUT2D eigenvalue weighted by Crippen LogP contribution is -2.33. The number of hydrogen-bond donors (Lipinski definition) is 4. The number of anilines is 3. The Bertz CT molecular complexity index is 607. The summed E-state index contributed by atoms with van der Waals surface area (Å²) in [6.07, 6.45) is 4.13. The highest BCUT2D eigenvalue weighted by molar-refractivity contribution is 5.77. The molecule has 0 aliphatic rings. The molecule has 0 saturated heterocycles. The first-order valence-corrected chi connectivity index (χ1v) is 10.4. The smallest absolute Gasteiger partial charge is 0.326 e. The van der Waals surface area contributed by atoms with Crippen molar-refractivity contribution >= 4 is 29.8 Å². The third kappa shape index (κ3) is 8.08. The Morgan fingerprint density at radius 1 is 0.828 bits per heavy atom. The van der Waals surface area contributed by atoms with Crippen LogP contribution < -0.4 is 15.5 Å². The van der Waals surface area contributed by atoms with Crippen LogP contribution >= 0.6 is 0 Å². The molecule has 0 aromatic carbocycles. The average Bonchev–Trinajstić information content (AvgIpc) is 2.68. The predicted octanol–water partition coefficient (Wildman–Crippen LogP) is 2.83. The summed E-state index contributed by atoms with van der Waals surface area (Å²) in [4.78, 5) is 38.0. The summed E-state index contributed by atoms with van der Waals surface area (Å²) in [6, 6.07) is -1.66. The number of nitrogens with one attached hydrogen (secondary N) is 2. The Balaban J connectivity index is 3.20. The third-order valence-corrected chi connectivity index (χ3v) is 4.57. The maximum absolute atomic E-state index is 11.6. The van der Waals surface area contributed by atoms with Crippen LogP contribution in [0.5, 0.6) is 0 Å². The van der Waals surface area contributed by atoms with Gasteiger partial charge in [0, 0.05) is 13.1 Å². The van der Waals surface area contributed by atoms with E-state index >= 15 is 0 Å². The van der Waals surface area contributed by atoms with E-state index in [0.717, 1.165) is 25.7 Å². The predicted molar refractivity (Wildman–Crippen MR) is 113 cm³/mol. The molecule has 164 valence electrons. The van der Waals surface area contributed by atoms with Crippen molar-refractivity contribution in [1.82, 2.24) is 15.0 Å². The fourth-order valence-corrected chi connectivity index (χ4v) is 2.78. The minimum absolute atomic E-state index is 0.118. The van der Waals surface area contributed by atoms with Crippen LogP contribution in [-0.4, -0.2) is 62.3 Å². The molecule has 0 aliphatic heterocycles. The number of aliphatic carboxylic acids is 2. The lowest BCUT2D eigenvalue weighted by Gasteiger charge is -2.22. The summed E-state index contributed by atoms with van der Waals surface area (Å²) in [7, 11) is 0. The zero-order valence-electron chi connectivity index (χ0n) is 17.8. The van der Waals surface area contributed by atoms with E-state index in [-0.39, 0.29) is 11.9 Å². The van der Waals surface area contributed by atoms with Crippen molar-refractivity contribution in [3.05, 3.63) is 0 Å². The molecule has 2 unspecified atom stereocenters. The molecule has 0 spiro atoms. The van der Waals surface area contributed by atoms with E-state index in [2.05, 4.69) is 25.6 Å². The van der Waals surface area contributed by atoms with E-state index in [4.69, 9.17) is 0 Å². The van der Waals surface area contributed by atoms with Crippen LogP contribution in [0.15, 0.2) is 0 Å². The van der Waals surface area contributed by atoms with Crippen molar-refractivity contribution in [2.75, 3.05) is 28.6 Å². The van der Waals surface area contributed by atoms with Crippen molar-refractivity contribution < 1.29 is 19.8 Å². The largest absolute Gasteiger partial charge is 0.480 e. The zero-order valence-corrected chi connectivity index (χ0v) is 17.8. The van der Waals surface area contributed by atoms with E-state index in [1.165, 1.54) is 0 Å². The molecule has 1 rings (SSSR count). The van der Waals surface area contributed by atoms with Gasteiger partial charge in [-0.25, -0.2) is 9.59 Å². The monoisotopic (exact) mass is 410 g/mol. The Labute approximate surface area is 172 Å². The van der Waals surface area contributed by atoms with E-state index in [1.54, 1.807) is 0 Å². The second-order valence-corrected chi connectivity index (χ2v) is 6.81. The molecule has 0 radical (unpaired) electrons. The lowest BCUT2D eigenvalue weighted by molar-refractivity contribution is -0.139. The van der Waals surface area contributed by atoms with Gasteiger partial charge in [-0.2, -0.15) is 15.0 Å². The summed E-state index contributed by atoms with van der Waals surface area (Å²) < 4.78 is 0. The van der Waals surface area contributed by atoms with Gasteiger partial charge < -0.3 is 25.7 Å². The van der Waals surface area contributed by atoms with Gasteiger partial charge in [-0.1, -0.05) is 39.5 Å². The van der Waals surface area contributed by atoms with Crippen molar-refractivity contribution in [2.45, 2.75) is 78.3 Å². The molecule has 1 aromatic heterocycles. The van der Waals surface area contributed by atoms with Crippen LogP contribution in [0.3, 0.4) is 0 Å². The molecular weight excluding hydrogens is 376 g/mol. The van der Waals surface area contributed by atoms with E-state index in [1.807, 2.05) is 32.6 Å². The molecule has 2 atom stereocenters. The fraction of sp³-hybridized carbons (Fsp3) is 0.737. The Kier molecular flexibility index (Phi) is 10.7. The van der Waals surface area contributed by atoms with Crippen LogP contribution in [0.2, 0.25) is 0 Å². The SMILES string of the molecule is CCCCC(Nc1nc(NC(CCCC)C(=O)O)nc(N(CC)CC)n1)C(=O)O. The number of carbonyl (C=O) groups is 2. The maximum Gasteiger partial charge on any atom is 0.326 e. The highest BCUT2D eigenvalue weighted by atomic mass is 16.4. The molecular formula is C19H34N6O4. The van der Waals surface area contributed by atoms with Crippen LogP contribution in [0.4, 0.5) is 17.8 Å². The highest BCUT2D eigenvalue weighted by Gasteiger charge is 2.22. The zero-order chi connectivity index (χ0) is 21.8. The highest BCUT2D eigenvalue weighted by Crippen LogP contribution is 2.17. The van der Waals surface area contributed by atoms with Gasteiger partial charge in [0.1, 0.15) is 12.1 Å². The summed E-state index contributed by atoms with van der Waals surface area (Å²) in [5, 5.41) is 24.7. The van der Waals surface area contributed by atoms with Gasteiger partial charge in [0.25, 0.3) is 0 Å². The third-order valence-electron chi connectivity index (χ3n) is 4.57. The molecule has 0 saturated carbocycles. The number of carboxylic acids is 2. The molecule has 0 bridgehead atoms.